The summed E-state index contributed by atoms with van der Waals surface area (Å²) in [5, 5.41) is 0. The summed E-state index contributed by atoms with van der Waals surface area (Å²) < 4.78 is 0. The summed E-state index contributed by atoms with van der Waals surface area (Å²) in [5.74, 6) is 0.628. The number of carbonyl (C=O) groups excluding carboxylic acids is 6. The van der Waals surface area contributed by atoms with Gasteiger partial charge in [0, 0.05) is 75.7 Å². The van der Waals surface area contributed by atoms with Crippen LogP contribution in [-0.4, -0.2) is 47.8 Å². The molecule has 9 aliphatic carbocycles. The molecule has 0 bridgehead atoms. The van der Waals surface area contributed by atoms with E-state index in [1.807, 2.05) is 65.8 Å². The maximum Gasteiger partial charge on any atom is 0.226 e. The third-order valence-corrected chi connectivity index (χ3v) is 19.6. The predicted molar refractivity (Wildman–Crippen MR) is 261 cm³/mol. The summed E-state index contributed by atoms with van der Waals surface area (Å²) in [6, 6.07) is 0. The molecule has 0 spiro atoms. The minimum atomic E-state index is -0.592. The van der Waals surface area contributed by atoms with Crippen molar-refractivity contribution in [2.75, 3.05) is 13.1 Å². The Kier molecular flexibility index (Phi) is 12.5. The van der Waals surface area contributed by atoms with Crippen LogP contribution in [0, 0.1) is 86.2 Å². The van der Waals surface area contributed by atoms with Crippen LogP contribution >= 0.6 is 0 Å². The van der Waals surface area contributed by atoms with E-state index in [0.717, 1.165) is 74.5 Å². The number of allylic oxidation sites excluding steroid dienone is 10. The Hall–Kier alpha value is -5.15. The van der Waals surface area contributed by atoms with E-state index in [-0.39, 0.29) is 91.2 Å². The van der Waals surface area contributed by atoms with Crippen LogP contribution in [-0.2, 0) is 28.8 Å². The lowest BCUT2D eigenvalue weighted by Gasteiger charge is -2.58. The molecule has 68 heavy (non-hydrogen) atoms. The van der Waals surface area contributed by atoms with Gasteiger partial charge in [-0.2, -0.15) is 0 Å². The topological polar surface area (TPSA) is 168 Å². The van der Waals surface area contributed by atoms with Crippen LogP contribution in [0.1, 0.15) is 146 Å². The summed E-state index contributed by atoms with van der Waals surface area (Å²) in [7, 11) is 0. The van der Waals surface area contributed by atoms with E-state index >= 15 is 0 Å². The standard InChI is InChI=1S/2C19H24N2O2.C19H23NO2/c2*1-17(2)14-6-8-19(11-20)7-5-12(22)9-15(19)18(14,3)10-13(21-4)16(17)23;1-17(2)14-7-9-18(3)8-6-12(21)10-15(18)19(14,4)11-13(20-5)16(17)22/h2*9-10,14H,5-8,11,20H2,1-3H3;10-11,14H,6-9H2,1-4H3/t2*14-,18-,19+;14-,18+,19-/m000/s1. The molecule has 3 saturated carbocycles. The fourth-order valence-corrected chi connectivity index (χ4v) is 15.8. The summed E-state index contributed by atoms with van der Waals surface area (Å²) in [6.45, 7) is 43.4. The predicted octanol–water partition coefficient (Wildman–Crippen LogP) is 10.2. The molecule has 0 amide bonds. The van der Waals surface area contributed by atoms with E-state index in [2.05, 4.69) is 42.2 Å². The van der Waals surface area contributed by atoms with Crippen LogP contribution in [0.5, 0.6) is 0 Å². The Morgan fingerprint density at radius 1 is 0.456 bits per heavy atom. The van der Waals surface area contributed by atoms with Gasteiger partial charge in [-0.3, -0.25) is 14.4 Å². The molecule has 0 aliphatic heterocycles. The number of hydrogen-bond acceptors (Lipinski definition) is 8. The first kappa shape index (κ1) is 50.7. The van der Waals surface area contributed by atoms with Gasteiger partial charge in [0.2, 0.25) is 17.1 Å². The first-order valence-electron chi connectivity index (χ1n) is 24.7. The van der Waals surface area contributed by atoms with E-state index in [4.69, 9.17) is 31.2 Å². The molecule has 0 radical (unpaired) electrons. The molecule has 360 valence electrons. The second-order valence-electron chi connectivity index (χ2n) is 24.3. The number of carbonyl (C=O) groups is 6. The lowest BCUT2D eigenvalue weighted by Crippen LogP contribution is -2.55. The van der Waals surface area contributed by atoms with E-state index in [9.17, 15) is 28.8 Å². The highest BCUT2D eigenvalue weighted by atomic mass is 16.1. The maximum absolute atomic E-state index is 12.7. The Morgan fingerprint density at radius 2 is 0.750 bits per heavy atom. The molecule has 9 atom stereocenters. The molecule has 0 saturated heterocycles. The highest BCUT2D eigenvalue weighted by molar-refractivity contribution is 6.04. The molecule has 9 aliphatic rings. The molecule has 0 unspecified atom stereocenters. The number of Topliss-reactive ketones (excluding diaryl/α,β-unsaturated/α-hetero) is 3. The third-order valence-electron chi connectivity index (χ3n) is 19.6. The van der Waals surface area contributed by atoms with Crippen molar-refractivity contribution < 1.29 is 28.8 Å². The molecule has 11 nitrogen and oxygen atoms in total. The molecular formula is C57H71N5O6. The number of rotatable bonds is 2. The number of fused-ring (bicyclic) bond motifs is 9. The Labute approximate surface area is 403 Å². The second-order valence-corrected chi connectivity index (χ2v) is 24.3. The molecule has 0 aromatic rings. The van der Waals surface area contributed by atoms with Crippen LogP contribution in [0.15, 0.2) is 70.3 Å². The summed E-state index contributed by atoms with van der Waals surface area (Å²) in [5.41, 5.74) is 12.9. The number of ketones is 6. The zero-order valence-corrected chi connectivity index (χ0v) is 42.0. The van der Waals surface area contributed by atoms with Gasteiger partial charge in [0.15, 0.2) is 34.7 Å². The van der Waals surface area contributed by atoms with Crippen molar-refractivity contribution in [1.82, 2.24) is 0 Å². The van der Waals surface area contributed by atoms with Crippen molar-refractivity contribution in [3.63, 3.8) is 0 Å². The van der Waals surface area contributed by atoms with Gasteiger partial charge in [0.05, 0.1) is 19.7 Å². The molecule has 0 aromatic carbocycles. The summed E-state index contributed by atoms with van der Waals surface area (Å²) in [6.07, 6.45) is 20.7. The van der Waals surface area contributed by atoms with Gasteiger partial charge in [-0.25, -0.2) is 14.5 Å². The van der Waals surface area contributed by atoms with Gasteiger partial charge >= 0.3 is 0 Å². The van der Waals surface area contributed by atoms with Crippen LogP contribution in [0.25, 0.3) is 14.5 Å². The van der Waals surface area contributed by atoms with Gasteiger partial charge in [0.1, 0.15) is 0 Å². The van der Waals surface area contributed by atoms with Crippen LogP contribution in [0.3, 0.4) is 0 Å². The fourth-order valence-electron chi connectivity index (χ4n) is 15.8. The van der Waals surface area contributed by atoms with Crippen molar-refractivity contribution in [1.29, 1.82) is 0 Å². The maximum atomic E-state index is 12.7. The molecule has 0 aromatic heterocycles. The highest BCUT2D eigenvalue weighted by Gasteiger charge is 2.62. The van der Waals surface area contributed by atoms with Crippen LogP contribution in [0.4, 0.5) is 0 Å². The number of nitrogens with zero attached hydrogens (tertiary/aromatic N) is 3. The largest absolute Gasteiger partial charge is 0.330 e. The number of nitrogens with two attached hydrogens (primary N) is 2. The van der Waals surface area contributed by atoms with Crippen LogP contribution < -0.4 is 11.5 Å². The minimum Gasteiger partial charge on any atom is -0.330 e. The molecule has 3 fully saturated rings. The van der Waals surface area contributed by atoms with Crippen molar-refractivity contribution in [3.8, 4) is 0 Å². The summed E-state index contributed by atoms with van der Waals surface area (Å²) in [4.78, 5) is 84.6. The van der Waals surface area contributed by atoms with Crippen molar-refractivity contribution in [2.45, 2.75) is 146 Å². The normalized spacial score (nSPS) is 39.2. The van der Waals surface area contributed by atoms with Gasteiger partial charge in [-0.05, 0) is 99.2 Å². The van der Waals surface area contributed by atoms with Gasteiger partial charge < -0.3 is 25.9 Å². The van der Waals surface area contributed by atoms with E-state index in [1.54, 1.807) is 12.2 Å². The first-order chi connectivity index (χ1) is 31.6. The Balaban J connectivity index is 0.000000151. The third kappa shape index (κ3) is 7.38. The molecule has 11 heteroatoms. The van der Waals surface area contributed by atoms with Gasteiger partial charge in [-0.15, -0.1) is 0 Å². The smallest absolute Gasteiger partial charge is 0.226 e. The lowest BCUT2D eigenvalue weighted by atomic mass is 9.45. The van der Waals surface area contributed by atoms with E-state index in [0.29, 0.717) is 32.4 Å². The Morgan fingerprint density at radius 3 is 1.07 bits per heavy atom. The zero-order chi connectivity index (χ0) is 50.4. The Bertz CT molecular complexity index is 2510. The lowest BCUT2D eigenvalue weighted by molar-refractivity contribution is -0.131. The van der Waals surface area contributed by atoms with Crippen molar-refractivity contribution in [2.24, 2.45) is 78.0 Å². The quantitative estimate of drug-likeness (QED) is 0.258. The fraction of sp³-hybridized carbons (Fsp3) is 0.632. The minimum absolute atomic E-state index is 0.0270. The molecule has 4 N–H and O–H groups in total. The zero-order valence-electron chi connectivity index (χ0n) is 42.0. The second kappa shape index (κ2) is 16.8. The molecule has 0 heterocycles. The SMILES string of the molecule is [C-]#[N+]C1=C[C@]2(C)C3=CC(=O)CC[C@]3(C)CC[C@H]2C(C)(C)C1=O.[C-]#[N+]C1=C[C@]2(C)C3=CC(=O)CC[C@]3(CN)CC[C@H]2C(C)(C)C1=O.[C-]#[N+]C1=C[C@]2(C)C3=CC(=O)CC[C@]3(CN)CC[C@H]2C(C)(C)C1=O. The number of hydrogen-bond donors (Lipinski definition) is 2. The average molecular weight is 922 g/mol. The first-order valence-corrected chi connectivity index (χ1v) is 24.7. The summed E-state index contributed by atoms with van der Waals surface area (Å²) >= 11 is 0. The van der Waals surface area contributed by atoms with Crippen molar-refractivity contribution in [3.05, 3.63) is 105 Å². The van der Waals surface area contributed by atoms with E-state index < -0.39 is 27.1 Å². The monoisotopic (exact) mass is 922 g/mol. The van der Waals surface area contributed by atoms with Gasteiger partial charge in [-0.1, -0.05) is 104 Å². The van der Waals surface area contributed by atoms with Crippen molar-refractivity contribution >= 4 is 34.7 Å². The average Bonchev–Trinajstić information content (AvgIpc) is 3.29. The molecular weight excluding hydrogens is 851 g/mol. The van der Waals surface area contributed by atoms with Gasteiger partial charge in [0.25, 0.3) is 0 Å². The highest BCUT2D eigenvalue weighted by Crippen LogP contribution is 2.67. The molecule has 9 rings (SSSR count). The van der Waals surface area contributed by atoms with E-state index in [1.165, 1.54) is 0 Å². The van der Waals surface area contributed by atoms with Crippen LogP contribution in [0.2, 0.25) is 0 Å².